The predicted molar refractivity (Wildman–Crippen MR) is 77.7 cm³/mol. The Bertz CT molecular complexity index is 636. The Balaban J connectivity index is 2.14. The maximum atomic E-state index is 13.7. The van der Waals surface area contributed by atoms with Gasteiger partial charge in [0, 0.05) is 23.7 Å². The molecular formula is C16H21F3N2O2. The van der Waals surface area contributed by atoms with Gasteiger partial charge in [-0.05, 0) is 26.3 Å². The van der Waals surface area contributed by atoms with Crippen molar-refractivity contribution in [1.29, 1.82) is 0 Å². The lowest BCUT2D eigenvalue weighted by atomic mass is 9.77. The molecule has 0 spiro atoms. The van der Waals surface area contributed by atoms with Gasteiger partial charge >= 0.3 is 12.1 Å². The summed E-state index contributed by atoms with van der Waals surface area (Å²) in [5, 5.41) is 2.84. The van der Waals surface area contributed by atoms with Crippen LogP contribution < -0.4 is 0 Å². The number of ether oxygens (including phenoxy) is 1. The third-order valence-corrected chi connectivity index (χ3v) is 5.53. The Morgan fingerprint density at radius 1 is 1.39 bits per heavy atom. The Labute approximate surface area is 133 Å². The molecule has 4 nitrogen and oxygen atoms in total. The van der Waals surface area contributed by atoms with Crippen LogP contribution in [0.15, 0.2) is 23.0 Å². The number of alkyl halides is 3. The second kappa shape index (κ2) is 4.45. The number of esters is 1. The summed E-state index contributed by atoms with van der Waals surface area (Å²) in [5.74, 6) is -0.543. The molecule has 2 atom stereocenters. The molecule has 3 heterocycles. The monoisotopic (exact) mass is 330 g/mol. The van der Waals surface area contributed by atoms with Gasteiger partial charge in [-0.3, -0.25) is 10.0 Å². The summed E-state index contributed by atoms with van der Waals surface area (Å²) < 4.78 is 46.1. The molecule has 0 bridgehead atoms. The molecule has 1 saturated heterocycles. The summed E-state index contributed by atoms with van der Waals surface area (Å²) in [6, 6.07) is -0.444. The summed E-state index contributed by atoms with van der Waals surface area (Å²) in [5.41, 5.74) is -0.602. The van der Waals surface area contributed by atoms with Gasteiger partial charge in [0.25, 0.3) is 0 Å². The number of rotatable bonds is 2. The fraction of sp³-hybridized carbons (Fsp3) is 0.688. The van der Waals surface area contributed by atoms with E-state index >= 15 is 0 Å². The summed E-state index contributed by atoms with van der Waals surface area (Å²) in [4.78, 5) is 12.3. The highest BCUT2D eigenvalue weighted by Crippen LogP contribution is 2.60. The lowest BCUT2D eigenvalue weighted by Gasteiger charge is -2.39. The Kier molecular flexibility index (Phi) is 3.14. The van der Waals surface area contributed by atoms with E-state index in [1.807, 2.05) is 20.8 Å². The number of hydrogen-bond donors (Lipinski definition) is 0. The van der Waals surface area contributed by atoms with Gasteiger partial charge in [0.15, 0.2) is 5.54 Å². The first-order valence-corrected chi connectivity index (χ1v) is 7.71. The zero-order chi connectivity index (χ0) is 17.4. The topological polar surface area (TPSA) is 32.8 Å². The smallest absolute Gasteiger partial charge is 0.413 e. The van der Waals surface area contributed by atoms with Crippen molar-refractivity contribution in [2.24, 2.45) is 5.41 Å². The fourth-order valence-electron chi connectivity index (χ4n) is 3.86. The first kappa shape index (κ1) is 16.2. The van der Waals surface area contributed by atoms with E-state index in [4.69, 9.17) is 4.74 Å². The van der Waals surface area contributed by atoms with Gasteiger partial charge in [0.05, 0.1) is 18.2 Å². The van der Waals surface area contributed by atoms with Crippen molar-refractivity contribution in [1.82, 2.24) is 10.0 Å². The first-order valence-electron chi connectivity index (χ1n) is 7.71. The van der Waals surface area contributed by atoms with Crippen LogP contribution in [0, 0.1) is 5.41 Å². The average Bonchev–Trinajstić information content (AvgIpc) is 3.00. The molecule has 1 fully saturated rings. The van der Waals surface area contributed by atoms with Gasteiger partial charge in [-0.15, -0.1) is 0 Å². The maximum absolute atomic E-state index is 13.7. The number of halogens is 3. The second-order valence-electron chi connectivity index (χ2n) is 7.14. The molecule has 0 aromatic carbocycles. The van der Waals surface area contributed by atoms with Gasteiger partial charge in [-0.2, -0.15) is 13.2 Å². The Morgan fingerprint density at radius 2 is 2.00 bits per heavy atom. The van der Waals surface area contributed by atoms with Gasteiger partial charge in [-0.25, -0.2) is 4.79 Å². The van der Waals surface area contributed by atoms with Crippen molar-refractivity contribution in [3.8, 4) is 0 Å². The third-order valence-electron chi connectivity index (χ3n) is 5.53. The molecule has 7 heteroatoms. The van der Waals surface area contributed by atoms with E-state index in [1.54, 1.807) is 11.9 Å². The van der Waals surface area contributed by atoms with E-state index in [0.29, 0.717) is 11.3 Å². The zero-order valence-corrected chi connectivity index (χ0v) is 13.9. The van der Waals surface area contributed by atoms with Crippen LogP contribution in [0.4, 0.5) is 13.2 Å². The van der Waals surface area contributed by atoms with Crippen molar-refractivity contribution >= 4 is 5.97 Å². The molecule has 0 amide bonds. The molecule has 0 aromatic heterocycles. The highest BCUT2D eigenvalue weighted by molar-refractivity contribution is 5.91. The number of carbonyl (C=O) groups is 1. The first-order chi connectivity index (χ1) is 10.5. The minimum absolute atomic E-state index is 0.102. The number of carbonyl (C=O) groups excluding carboxylic acids is 1. The van der Waals surface area contributed by atoms with Crippen LogP contribution in [0.5, 0.6) is 0 Å². The fourth-order valence-corrected chi connectivity index (χ4v) is 3.86. The van der Waals surface area contributed by atoms with Crippen LogP contribution in [0.25, 0.3) is 0 Å². The van der Waals surface area contributed by atoms with E-state index in [-0.39, 0.29) is 13.0 Å². The molecular weight excluding hydrogens is 309 g/mol. The molecule has 0 radical (unpaired) electrons. The van der Waals surface area contributed by atoms with Gasteiger partial charge in [0.1, 0.15) is 0 Å². The number of hydrogen-bond acceptors (Lipinski definition) is 4. The molecule has 0 aromatic rings. The van der Waals surface area contributed by atoms with E-state index in [0.717, 1.165) is 5.57 Å². The molecule has 0 N–H and O–H groups in total. The Hall–Kier alpha value is -1.66. The second-order valence-corrected chi connectivity index (χ2v) is 7.14. The van der Waals surface area contributed by atoms with Crippen LogP contribution in [0.2, 0.25) is 0 Å². The van der Waals surface area contributed by atoms with Crippen LogP contribution >= 0.6 is 0 Å². The minimum Gasteiger partial charge on any atom is -0.463 e. The number of hydrazine groups is 1. The van der Waals surface area contributed by atoms with E-state index in [1.165, 1.54) is 18.1 Å². The summed E-state index contributed by atoms with van der Waals surface area (Å²) in [6.45, 7) is 8.83. The van der Waals surface area contributed by atoms with Crippen molar-refractivity contribution in [2.45, 2.75) is 58.8 Å². The largest absolute Gasteiger partial charge is 0.463 e. The highest BCUT2D eigenvalue weighted by Gasteiger charge is 2.68. The average molecular weight is 330 g/mol. The highest BCUT2D eigenvalue weighted by atomic mass is 19.4. The lowest BCUT2D eigenvalue weighted by Crippen LogP contribution is -2.54. The lowest BCUT2D eigenvalue weighted by molar-refractivity contribution is -0.229. The normalized spacial score (nSPS) is 31.7. The summed E-state index contributed by atoms with van der Waals surface area (Å²) in [7, 11) is 0. The van der Waals surface area contributed by atoms with Crippen LogP contribution in [-0.4, -0.2) is 40.4 Å². The van der Waals surface area contributed by atoms with E-state index in [2.05, 4.69) is 0 Å². The molecule has 3 aliphatic rings. The van der Waals surface area contributed by atoms with Crippen LogP contribution in [0.3, 0.4) is 0 Å². The molecule has 3 aliphatic heterocycles. The van der Waals surface area contributed by atoms with Crippen LogP contribution in [-0.2, 0) is 9.53 Å². The van der Waals surface area contributed by atoms with Gasteiger partial charge < -0.3 is 4.74 Å². The van der Waals surface area contributed by atoms with Gasteiger partial charge in [0.2, 0.25) is 0 Å². The van der Waals surface area contributed by atoms with Crippen molar-refractivity contribution in [3.63, 3.8) is 0 Å². The van der Waals surface area contributed by atoms with Crippen molar-refractivity contribution < 1.29 is 22.7 Å². The molecule has 0 unspecified atom stereocenters. The standard InChI is InChI=1S/C16H21F3N2O2/c1-6-23-13(22)10-8-20-15(5,16(17,18)19)7-11-9(2)14(3,4)12(10)21(11)20/h8,12H,6-7H2,1-5H3/t12-,15+/m1/s1. The zero-order valence-electron chi connectivity index (χ0n) is 13.9. The quantitative estimate of drug-likeness (QED) is 0.727. The maximum Gasteiger partial charge on any atom is 0.413 e. The van der Waals surface area contributed by atoms with Crippen LogP contribution in [0.1, 0.15) is 41.0 Å². The molecule has 0 aliphatic carbocycles. The summed E-state index contributed by atoms with van der Waals surface area (Å²) >= 11 is 0. The predicted octanol–water partition coefficient (Wildman–Crippen LogP) is 3.37. The van der Waals surface area contributed by atoms with Crippen molar-refractivity contribution in [2.75, 3.05) is 6.61 Å². The van der Waals surface area contributed by atoms with E-state index < -0.39 is 29.1 Å². The van der Waals surface area contributed by atoms with Gasteiger partial charge in [-0.1, -0.05) is 13.8 Å². The molecule has 0 saturated carbocycles. The number of nitrogens with zero attached hydrogens (tertiary/aromatic N) is 2. The van der Waals surface area contributed by atoms with Crippen molar-refractivity contribution in [3.05, 3.63) is 23.0 Å². The molecule has 23 heavy (non-hydrogen) atoms. The Morgan fingerprint density at radius 3 is 2.52 bits per heavy atom. The molecule has 3 rings (SSSR count). The van der Waals surface area contributed by atoms with E-state index in [9.17, 15) is 18.0 Å². The third kappa shape index (κ3) is 1.82. The summed E-state index contributed by atoms with van der Waals surface area (Å²) in [6.07, 6.45) is -3.17. The SMILES string of the molecule is CCOC(=O)C1=CN2N3C(=C(C)C(C)(C)[C@@H]13)C[C@@]2(C)C(F)(F)F. The molecule has 128 valence electrons. The minimum atomic E-state index is -4.40.